The quantitative estimate of drug-likeness (QED) is 0.302. The summed E-state index contributed by atoms with van der Waals surface area (Å²) in [5.41, 5.74) is 4.99. The van der Waals surface area contributed by atoms with Crippen LogP contribution >= 0.6 is 0 Å². The number of carbonyl (C=O) groups excluding carboxylic acids is 2. The minimum absolute atomic E-state index is 0.0613. The second kappa shape index (κ2) is 13.1. The second-order valence-electron chi connectivity index (χ2n) is 10.3. The van der Waals surface area contributed by atoms with Crippen LogP contribution in [0.15, 0.2) is 54.9 Å². The van der Waals surface area contributed by atoms with Crippen LogP contribution in [-0.4, -0.2) is 63.0 Å². The van der Waals surface area contributed by atoms with Crippen LogP contribution in [0.3, 0.4) is 0 Å². The zero-order chi connectivity index (χ0) is 30.3. The number of nitrogens with zero attached hydrogens (tertiary/aromatic N) is 6. The minimum atomic E-state index is -0.409. The van der Waals surface area contributed by atoms with Crippen LogP contribution < -0.4 is 15.4 Å². The number of morpholine rings is 1. The molecule has 43 heavy (non-hydrogen) atoms. The minimum Gasteiger partial charge on any atom is -0.456 e. The van der Waals surface area contributed by atoms with E-state index in [1.807, 2.05) is 32.9 Å². The average Bonchev–Trinajstić information content (AvgIpc) is 3.45. The molecular weight excluding hydrogens is 548 g/mol. The number of rotatable bonds is 9. The highest BCUT2D eigenvalue weighted by molar-refractivity contribution is 5.97. The van der Waals surface area contributed by atoms with Gasteiger partial charge in [0.15, 0.2) is 0 Å². The fourth-order valence-corrected chi connectivity index (χ4v) is 4.79. The normalized spacial score (nSPS) is 12.8. The van der Waals surface area contributed by atoms with Crippen molar-refractivity contribution >= 4 is 23.3 Å². The fraction of sp³-hybridized carbons (Fsp3) is 0.290. The van der Waals surface area contributed by atoms with E-state index in [-0.39, 0.29) is 24.6 Å². The van der Waals surface area contributed by atoms with Crippen LogP contribution in [0.1, 0.15) is 38.3 Å². The molecule has 4 aromatic rings. The first-order chi connectivity index (χ1) is 20.8. The third-order valence-electron chi connectivity index (χ3n) is 6.89. The Kier molecular flexibility index (Phi) is 8.93. The molecule has 0 unspecified atom stereocenters. The van der Waals surface area contributed by atoms with Crippen LogP contribution in [0.5, 0.6) is 11.5 Å². The number of carbonyl (C=O) groups is 2. The monoisotopic (exact) mass is 580 g/mol. The highest BCUT2D eigenvalue weighted by Gasteiger charge is 2.20. The maximum atomic E-state index is 13.4. The number of ether oxygens (including phenoxy) is 2. The number of nitrogens with one attached hydrogen (secondary N) is 2. The maximum absolute atomic E-state index is 13.4. The van der Waals surface area contributed by atoms with Crippen molar-refractivity contribution in [3.8, 4) is 17.6 Å². The van der Waals surface area contributed by atoms with Crippen molar-refractivity contribution < 1.29 is 19.1 Å². The molecule has 220 valence electrons. The Balaban J connectivity index is 1.32. The number of amides is 2. The summed E-state index contributed by atoms with van der Waals surface area (Å²) in [6.45, 7) is 8.25. The summed E-state index contributed by atoms with van der Waals surface area (Å²) < 4.78 is 13.1. The smallest absolute Gasteiger partial charge is 0.256 e. The summed E-state index contributed by atoms with van der Waals surface area (Å²) in [6.07, 6.45) is 3.09. The van der Waals surface area contributed by atoms with Gasteiger partial charge in [0.1, 0.15) is 35.1 Å². The lowest BCUT2D eigenvalue weighted by molar-refractivity contribution is -0.136. The molecule has 0 bridgehead atoms. The largest absolute Gasteiger partial charge is 0.456 e. The molecule has 2 amide bonds. The summed E-state index contributed by atoms with van der Waals surface area (Å²) >= 11 is 0. The number of nitriles is 1. The SMILES string of the molecule is Cc1cc(C)c(Oc2cc(Nc3ccc(C#N)cc3)ncc2C(=O)NCc2cn(CC(=O)N3CCOCC3)nn2)c(C)c1. The van der Waals surface area contributed by atoms with Gasteiger partial charge >= 0.3 is 0 Å². The van der Waals surface area contributed by atoms with Crippen LogP contribution in [0.4, 0.5) is 11.5 Å². The third-order valence-corrected chi connectivity index (χ3v) is 6.89. The Morgan fingerprint density at radius 3 is 2.49 bits per heavy atom. The van der Waals surface area contributed by atoms with Crippen molar-refractivity contribution in [3.05, 3.63) is 88.4 Å². The van der Waals surface area contributed by atoms with E-state index in [4.69, 9.17) is 14.7 Å². The molecule has 1 aliphatic heterocycles. The van der Waals surface area contributed by atoms with Gasteiger partial charge in [-0.05, 0) is 56.2 Å². The highest BCUT2D eigenvalue weighted by atomic mass is 16.5. The summed E-state index contributed by atoms with van der Waals surface area (Å²) in [5, 5.41) is 23.3. The van der Waals surface area contributed by atoms with Crippen LogP contribution in [0, 0.1) is 32.1 Å². The topological polar surface area (TPSA) is 147 Å². The van der Waals surface area contributed by atoms with E-state index >= 15 is 0 Å². The molecule has 0 radical (unpaired) electrons. The first kappa shape index (κ1) is 29.2. The first-order valence-electron chi connectivity index (χ1n) is 13.8. The van der Waals surface area contributed by atoms with E-state index in [9.17, 15) is 9.59 Å². The number of aromatic nitrogens is 4. The molecule has 1 aliphatic rings. The summed E-state index contributed by atoms with van der Waals surface area (Å²) in [7, 11) is 0. The van der Waals surface area contributed by atoms with Gasteiger partial charge in [-0.2, -0.15) is 5.26 Å². The van der Waals surface area contributed by atoms with Crippen molar-refractivity contribution in [2.45, 2.75) is 33.9 Å². The standard InChI is InChI=1S/C31H32N8O4/c1-20-12-21(2)30(22(3)13-20)43-27-14-28(35-24-6-4-23(15-32)5-7-24)33-17-26(27)31(41)34-16-25-18-39(37-36-25)19-29(40)38-8-10-42-11-9-38/h4-7,12-14,17-18H,8-11,16,19H2,1-3H3,(H,33,35)(H,34,41). The van der Waals surface area contributed by atoms with E-state index in [1.54, 1.807) is 41.4 Å². The van der Waals surface area contributed by atoms with Gasteiger partial charge in [-0.15, -0.1) is 5.10 Å². The predicted molar refractivity (Wildman–Crippen MR) is 158 cm³/mol. The van der Waals surface area contributed by atoms with Gasteiger partial charge in [0.2, 0.25) is 5.91 Å². The van der Waals surface area contributed by atoms with Crippen molar-refractivity contribution in [1.82, 2.24) is 30.2 Å². The molecule has 12 nitrogen and oxygen atoms in total. The molecule has 0 saturated carbocycles. The Hall–Kier alpha value is -5.28. The first-order valence-corrected chi connectivity index (χ1v) is 13.8. The van der Waals surface area contributed by atoms with E-state index in [0.29, 0.717) is 54.9 Å². The molecule has 5 rings (SSSR count). The average molecular weight is 581 g/mol. The molecule has 1 saturated heterocycles. The van der Waals surface area contributed by atoms with Crippen LogP contribution in [0.2, 0.25) is 0 Å². The number of hydrogen-bond donors (Lipinski definition) is 2. The van der Waals surface area contributed by atoms with Crippen molar-refractivity contribution in [2.75, 3.05) is 31.6 Å². The van der Waals surface area contributed by atoms with E-state index in [1.165, 1.54) is 10.9 Å². The van der Waals surface area contributed by atoms with Crippen LogP contribution in [-0.2, 0) is 22.6 Å². The lowest BCUT2D eigenvalue weighted by Gasteiger charge is -2.26. The molecule has 12 heteroatoms. The molecule has 0 aliphatic carbocycles. The number of anilines is 2. The van der Waals surface area contributed by atoms with Crippen molar-refractivity contribution in [1.29, 1.82) is 5.26 Å². The maximum Gasteiger partial charge on any atom is 0.256 e. The zero-order valence-electron chi connectivity index (χ0n) is 24.3. The molecule has 1 fully saturated rings. The van der Waals surface area contributed by atoms with Gasteiger partial charge in [0.05, 0.1) is 37.6 Å². The number of aryl methyl sites for hydroxylation is 3. The van der Waals surface area contributed by atoms with Crippen molar-refractivity contribution in [3.63, 3.8) is 0 Å². The lowest BCUT2D eigenvalue weighted by Crippen LogP contribution is -2.42. The number of hydrogen-bond acceptors (Lipinski definition) is 9. The molecule has 0 spiro atoms. The third kappa shape index (κ3) is 7.33. The summed E-state index contributed by atoms with van der Waals surface area (Å²) in [4.78, 5) is 32.1. The van der Waals surface area contributed by atoms with Gasteiger partial charge in [0, 0.05) is 31.0 Å². The number of benzene rings is 2. The van der Waals surface area contributed by atoms with E-state index < -0.39 is 5.91 Å². The summed E-state index contributed by atoms with van der Waals surface area (Å²) in [5.74, 6) is 0.967. The van der Waals surface area contributed by atoms with Gasteiger partial charge in [-0.25, -0.2) is 9.67 Å². The molecular formula is C31H32N8O4. The lowest BCUT2D eigenvalue weighted by atomic mass is 10.1. The molecule has 2 N–H and O–H groups in total. The van der Waals surface area contributed by atoms with Gasteiger partial charge in [-0.3, -0.25) is 9.59 Å². The highest BCUT2D eigenvalue weighted by Crippen LogP contribution is 2.33. The second-order valence-corrected chi connectivity index (χ2v) is 10.3. The number of pyridine rings is 1. The molecule has 0 atom stereocenters. The predicted octanol–water partition coefficient (Wildman–Crippen LogP) is 3.79. The van der Waals surface area contributed by atoms with Gasteiger partial charge in [0.25, 0.3) is 5.91 Å². The Morgan fingerprint density at radius 2 is 1.79 bits per heavy atom. The summed E-state index contributed by atoms with van der Waals surface area (Å²) in [6, 6.07) is 14.8. The zero-order valence-corrected chi connectivity index (χ0v) is 24.3. The Morgan fingerprint density at radius 1 is 1.07 bits per heavy atom. The molecule has 2 aromatic heterocycles. The van der Waals surface area contributed by atoms with Crippen molar-refractivity contribution in [2.24, 2.45) is 0 Å². The van der Waals surface area contributed by atoms with E-state index in [2.05, 4.69) is 32.0 Å². The van der Waals surface area contributed by atoms with E-state index in [0.717, 1.165) is 22.4 Å². The fourth-order valence-electron chi connectivity index (χ4n) is 4.79. The van der Waals surface area contributed by atoms with Gasteiger partial charge in [-0.1, -0.05) is 22.9 Å². The molecule has 3 heterocycles. The Labute approximate surface area is 249 Å². The molecule has 2 aromatic carbocycles. The van der Waals surface area contributed by atoms with Crippen LogP contribution in [0.25, 0.3) is 0 Å². The Bertz CT molecular complexity index is 1650. The van der Waals surface area contributed by atoms with Gasteiger partial charge < -0.3 is 25.0 Å².